The summed E-state index contributed by atoms with van der Waals surface area (Å²) in [6.07, 6.45) is 8.79. The van der Waals surface area contributed by atoms with Crippen LogP contribution in [0.2, 0.25) is 0 Å². The third-order valence-electron chi connectivity index (χ3n) is 8.61. The number of aromatic nitrogens is 2. The molecule has 8 heteroatoms. The van der Waals surface area contributed by atoms with Gasteiger partial charge in [0.15, 0.2) is 0 Å². The van der Waals surface area contributed by atoms with Crippen LogP contribution in [-0.4, -0.2) is 34.9 Å². The minimum Gasteiger partial charge on any atom is -0.308 e. The van der Waals surface area contributed by atoms with Crippen molar-refractivity contribution in [3.05, 3.63) is 168 Å². The number of halogens is 2. The molecule has 4 heterocycles. The maximum atomic E-state index is 13.0. The summed E-state index contributed by atoms with van der Waals surface area (Å²) in [5.41, 5.74) is 9.46. The van der Waals surface area contributed by atoms with Gasteiger partial charge in [-0.15, -0.1) is 0 Å². The summed E-state index contributed by atoms with van der Waals surface area (Å²) in [6.45, 7) is 1.28. The molecular formula is C40H30F2N4O2. The van der Waals surface area contributed by atoms with Gasteiger partial charge in [-0.3, -0.25) is 19.6 Å². The molecule has 0 atom stereocenters. The number of pyridine rings is 2. The molecule has 0 unspecified atom stereocenters. The minimum absolute atomic E-state index is 0.0946. The molecule has 6 aromatic rings. The molecule has 0 saturated carbocycles. The van der Waals surface area contributed by atoms with Crippen molar-refractivity contribution < 1.29 is 18.4 Å². The lowest BCUT2D eigenvalue weighted by Gasteiger charge is -2.17. The van der Waals surface area contributed by atoms with Gasteiger partial charge in [-0.25, -0.2) is 8.78 Å². The van der Waals surface area contributed by atoms with Crippen LogP contribution in [0.3, 0.4) is 0 Å². The van der Waals surface area contributed by atoms with Crippen LogP contribution >= 0.6 is 0 Å². The van der Waals surface area contributed by atoms with Crippen molar-refractivity contribution in [1.82, 2.24) is 9.97 Å². The van der Waals surface area contributed by atoms with Crippen LogP contribution in [0.15, 0.2) is 134 Å². The lowest BCUT2D eigenvalue weighted by atomic mass is 10.0. The van der Waals surface area contributed by atoms with E-state index in [4.69, 9.17) is 0 Å². The number of benzene rings is 4. The van der Waals surface area contributed by atoms with Crippen molar-refractivity contribution in [2.45, 2.75) is 12.8 Å². The van der Waals surface area contributed by atoms with E-state index in [-0.39, 0.29) is 23.4 Å². The summed E-state index contributed by atoms with van der Waals surface area (Å²) < 4.78 is 26.1. The highest BCUT2D eigenvalue weighted by molar-refractivity contribution is 6.08. The van der Waals surface area contributed by atoms with E-state index in [0.717, 1.165) is 57.6 Å². The van der Waals surface area contributed by atoms with E-state index in [0.29, 0.717) is 24.2 Å². The number of carbonyl (C=O) groups excluding carboxylic acids is 2. The van der Waals surface area contributed by atoms with Gasteiger partial charge in [-0.05, 0) is 131 Å². The first-order chi connectivity index (χ1) is 23.4. The van der Waals surface area contributed by atoms with Crippen LogP contribution in [0.5, 0.6) is 0 Å². The van der Waals surface area contributed by atoms with Crippen LogP contribution in [0, 0.1) is 11.6 Å². The molecule has 0 radical (unpaired) electrons. The maximum Gasteiger partial charge on any atom is 0.258 e. The topological polar surface area (TPSA) is 66.4 Å². The van der Waals surface area contributed by atoms with E-state index in [2.05, 4.69) is 22.1 Å². The average molecular weight is 637 g/mol. The Kier molecular flexibility index (Phi) is 8.53. The summed E-state index contributed by atoms with van der Waals surface area (Å²) in [5, 5.41) is 0. The highest BCUT2D eigenvalue weighted by Crippen LogP contribution is 2.34. The third-order valence-corrected chi connectivity index (χ3v) is 8.61. The number of rotatable bonds is 4. The standard InChI is InChI=1S/2C20H15FN2O/c2*21-18-6-3-14(4-7-18)20(24)23-11-9-16-12-15(5-8-19(16)23)17-2-1-10-22-13-17/h2*1-8,10,12-13H,9,11H2. The quantitative estimate of drug-likeness (QED) is 0.196. The smallest absolute Gasteiger partial charge is 0.258 e. The highest BCUT2D eigenvalue weighted by atomic mass is 19.1. The molecule has 8 rings (SSSR count). The fourth-order valence-electron chi connectivity index (χ4n) is 6.15. The first-order valence-electron chi connectivity index (χ1n) is 15.7. The number of hydrogen-bond acceptors (Lipinski definition) is 4. The van der Waals surface area contributed by atoms with E-state index in [1.807, 2.05) is 60.9 Å². The van der Waals surface area contributed by atoms with Gasteiger partial charge in [0, 0.05) is 60.4 Å². The van der Waals surface area contributed by atoms with Gasteiger partial charge in [-0.1, -0.05) is 24.3 Å². The Morgan fingerprint density at radius 3 is 1.31 bits per heavy atom. The third kappa shape index (κ3) is 6.33. The van der Waals surface area contributed by atoms with Crippen LogP contribution in [0.4, 0.5) is 20.2 Å². The Morgan fingerprint density at radius 2 is 0.938 bits per heavy atom. The second-order valence-corrected chi connectivity index (χ2v) is 11.6. The number of amides is 2. The Morgan fingerprint density at radius 1 is 0.521 bits per heavy atom. The van der Waals surface area contributed by atoms with Crippen molar-refractivity contribution >= 4 is 23.2 Å². The lowest BCUT2D eigenvalue weighted by Crippen LogP contribution is -2.28. The van der Waals surface area contributed by atoms with Crippen molar-refractivity contribution in [1.29, 1.82) is 0 Å². The zero-order valence-corrected chi connectivity index (χ0v) is 25.9. The number of fused-ring (bicyclic) bond motifs is 2. The predicted molar refractivity (Wildman–Crippen MR) is 183 cm³/mol. The second kappa shape index (κ2) is 13.4. The molecule has 4 aromatic carbocycles. The largest absolute Gasteiger partial charge is 0.308 e. The molecule has 48 heavy (non-hydrogen) atoms. The van der Waals surface area contributed by atoms with Crippen LogP contribution in [0.1, 0.15) is 31.8 Å². The molecule has 2 aliphatic rings. The zero-order chi connectivity index (χ0) is 33.0. The van der Waals surface area contributed by atoms with E-state index >= 15 is 0 Å². The summed E-state index contributed by atoms with van der Waals surface area (Å²) in [7, 11) is 0. The Balaban J connectivity index is 0.000000152. The molecule has 2 aromatic heterocycles. The summed E-state index contributed by atoms with van der Waals surface area (Å²) in [6, 6.07) is 31.4. The molecule has 0 N–H and O–H groups in total. The van der Waals surface area contributed by atoms with Crippen LogP contribution in [-0.2, 0) is 12.8 Å². The Labute approximate surface area is 277 Å². The fourth-order valence-corrected chi connectivity index (χ4v) is 6.15. The summed E-state index contributed by atoms with van der Waals surface area (Å²) in [5.74, 6) is -0.866. The van der Waals surface area contributed by atoms with Gasteiger partial charge in [0.2, 0.25) is 0 Å². The Bertz CT molecular complexity index is 1940. The molecule has 236 valence electrons. The first kappa shape index (κ1) is 30.6. The van der Waals surface area contributed by atoms with E-state index in [9.17, 15) is 18.4 Å². The van der Waals surface area contributed by atoms with Crippen molar-refractivity contribution in [3.8, 4) is 22.3 Å². The van der Waals surface area contributed by atoms with Gasteiger partial charge >= 0.3 is 0 Å². The van der Waals surface area contributed by atoms with Gasteiger partial charge < -0.3 is 9.80 Å². The summed E-state index contributed by atoms with van der Waals surface area (Å²) in [4.78, 5) is 37.2. The minimum atomic E-state index is -0.338. The van der Waals surface area contributed by atoms with E-state index in [1.165, 1.54) is 48.5 Å². The molecule has 2 amide bonds. The monoisotopic (exact) mass is 636 g/mol. The first-order valence-corrected chi connectivity index (χ1v) is 15.7. The zero-order valence-electron chi connectivity index (χ0n) is 25.9. The van der Waals surface area contributed by atoms with E-state index in [1.54, 1.807) is 22.2 Å². The normalized spacial score (nSPS) is 13.0. The SMILES string of the molecule is O=C(c1ccc(F)cc1)N1CCc2cc(-c3cccnc3)ccc21.O=C(c1ccc(F)cc1)N1CCc2cc(-c3cccnc3)ccc21. The Hall–Kier alpha value is -6.02. The highest BCUT2D eigenvalue weighted by Gasteiger charge is 2.27. The molecule has 2 aliphatic heterocycles. The fraction of sp³-hybridized carbons (Fsp3) is 0.100. The number of carbonyl (C=O) groups is 2. The molecule has 0 aliphatic carbocycles. The molecule has 0 saturated heterocycles. The van der Waals surface area contributed by atoms with Gasteiger partial charge in [-0.2, -0.15) is 0 Å². The molecular weight excluding hydrogens is 606 g/mol. The lowest BCUT2D eigenvalue weighted by molar-refractivity contribution is 0.0981. The molecule has 6 nitrogen and oxygen atoms in total. The number of anilines is 2. The van der Waals surface area contributed by atoms with Gasteiger partial charge in [0.25, 0.3) is 11.8 Å². The van der Waals surface area contributed by atoms with Gasteiger partial charge in [0.1, 0.15) is 11.6 Å². The van der Waals surface area contributed by atoms with Crippen molar-refractivity contribution in [2.75, 3.05) is 22.9 Å². The van der Waals surface area contributed by atoms with Gasteiger partial charge in [0.05, 0.1) is 0 Å². The average Bonchev–Trinajstić information content (AvgIpc) is 3.77. The maximum absolute atomic E-state index is 13.0. The van der Waals surface area contributed by atoms with E-state index < -0.39 is 0 Å². The second-order valence-electron chi connectivity index (χ2n) is 11.6. The summed E-state index contributed by atoms with van der Waals surface area (Å²) >= 11 is 0. The molecule has 0 bridgehead atoms. The van der Waals surface area contributed by atoms with Crippen LogP contribution in [0.25, 0.3) is 22.3 Å². The number of nitrogens with zero attached hydrogens (tertiary/aromatic N) is 4. The molecule has 0 spiro atoms. The van der Waals surface area contributed by atoms with Crippen LogP contribution < -0.4 is 9.80 Å². The van der Waals surface area contributed by atoms with Crippen molar-refractivity contribution in [3.63, 3.8) is 0 Å². The number of hydrogen-bond donors (Lipinski definition) is 0. The predicted octanol–water partition coefficient (Wildman–Crippen LogP) is 8.18. The molecule has 0 fully saturated rings. The van der Waals surface area contributed by atoms with Crippen molar-refractivity contribution in [2.24, 2.45) is 0 Å².